The van der Waals surface area contributed by atoms with E-state index in [1.165, 1.54) is 13.0 Å². The van der Waals surface area contributed by atoms with Crippen molar-refractivity contribution in [2.45, 2.75) is 26.7 Å². The average molecular weight is 244 g/mol. The number of carboxylic acids is 3. The quantitative estimate of drug-likeness (QED) is 0.632. The van der Waals surface area contributed by atoms with E-state index in [9.17, 15) is 14.4 Å². The fourth-order valence-electron chi connectivity index (χ4n) is 0.616. The van der Waals surface area contributed by atoms with Gasteiger partial charge in [0, 0.05) is 17.6 Å². The van der Waals surface area contributed by atoms with Crippen LogP contribution in [-0.2, 0) is 14.4 Å². The summed E-state index contributed by atoms with van der Waals surface area (Å²) >= 11 is 0. The second kappa shape index (κ2) is 9.14. The van der Waals surface area contributed by atoms with Gasteiger partial charge >= 0.3 is 17.9 Å². The van der Waals surface area contributed by atoms with E-state index in [0.717, 1.165) is 0 Å². The first-order valence-corrected chi connectivity index (χ1v) is 4.71. The minimum atomic E-state index is -1.05. The van der Waals surface area contributed by atoms with E-state index in [2.05, 4.69) is 6.58 Å². The third-order valence-corrected chi connectivity index (χ3v) is 1.60. The standard InChI is InChI=1S/C7H10O4.C4H6O2/c1-2-5(7(10)11)3-4-6(8)9;1-3(2)4(5)6/h2H,3-4H2,1H3,(H,8,9)(H,10,11);1H2,2H3,(H,5,6). The number of aliphatic carboxylic acids is 3. The molecule has 0 aromatic rings. The number of hydrogen-bond donors (Lipinski definition) is 3. The molecule has 0 unspecified atom stereocenters. The fourth-order valence-corrected chi connectivity index (χ4v) is 0.616. The third kappa shape index (κ3) is 11.8. The number of rotatable bonds is 5. The topological polar surface area (TPSA) is 112 Å². The molecule has 6 nitrogen and oxygen atoms in total. The maximum absolute atomic E-state index is 10.3. The van der Waals surface area contributed by atoms with Crippen LogP contribution in [0, 0.1) is 0 Å². The van der Waals surface area contributed by atoms with Gasteiger partial charge in [0.2, 0.25) is 0 Å². The molecule has 0 aromatic heterocycles. The van der Waals surface area contributed by atoms with E-state index in [4.69, 9.17) is 15.3 Å². The summed E-state index contributed by atoms with van der Waals surface area (Å²) in [6.07, 6.45) is 1.36. The van der Waals surface area contributed by atoms with Gasteiger partial charge in [0.15, 0.2) is 0 Å². The molecule has 17 heavy (non-hydrogen) atoms. The van der Waals surface area contributed by atoms with Crippen LogP contribution in [0.25, 0.3) is 0 Å². The van der Waals surface area contributed by atoms with Gasteiger partial charge in [0.05, 0.1) is 0 Å². The molecule has 0 fully saturated rings. The summed E-state index contributed by atoms with van der Waals surface area (Å²) in [5.41, 5.74) is 0.322. The summed E-state index contributed by atoms with van der Waals surface area (Å²) in [7, 11) is 0. The van der Waals surface area contributed by atoms with Gasteiger partial charge < -0.3 is 15.3 Å². The largest absolute Gasteiger partial charge is 0.481 e. The normalized spacial score (nSPS) is 9.88. The molecule has 0 radical (unpaired) electrons. The Hall–Kier alpha value is -2.11. The zero-order chi connectivity index (χ0) is 14.0. The predicted molar refractivity (Wildman–Crippen MR) is 60.7 cm³/mol. The van der Waals surface area contributed by atoms with Crippen LogP contribution in [0.5, 0.6) is 0 Å². The van der Waals surface area contributed by atoms with Crippen molar-refractivity contribution in [2.75, 3.05) is 0 Å². The Balaban J connectivity index is 0. The number of carboxylic acid groups (broad SMARTS) is 3. The van der Waals surface area contributed by atoms with Gasteiger partial charge in [-0.2, -0.15) is 0 Å². The molecule has 0 aliphatic rings. The first-order chi connectivity index (χ1) is 7.72. The van der Waals surface area contributed by atoms with Crippen LogP contribution >= 0.6 is 0 Å². The molecule has 6 heteroatoms. The van der Waals surface area contributed by atoms with E-state index in [-0.39, 0.29) is 24.0 Å². The predicted octanol–water partition coefficient (Wildman–Crippen LogP) is 1.53. The number of allylic oxidation sites excluding steroid dienone is 1. The van der Waals surface area contributed by atoms with Crippen molar-refractivity contribution < 1.29 is 29.7 Å². The van der Waals surface area contributed by atoms with Gasteiger partial charge in [-0.1, -0.05) is 12.7 Å². The van der Waals surface area contributed by atoms with E-state index in [1.807, 2.05) is 0 Å². The number of carbonyl (C=O) groups is 3. The summed E-state index contributed by atoms with van der Waals surface area (Å²) in [5.74, 6) is -2.96. The van der Waals surface area contributed by atoms with Crippen LogP contribution in [0.4, 0.5) is 0 Å². The summed E-state index contributed by atoms with van der Waals surface area (Å²) in [6.45, 7) is 6.18. The molecule has 0 rings (SSSR count). The Morgan fingerprint density at radius 3 is 1.65 bits per heavy atom. The van der Waals surface area contributed by atoms with Crippen LogP contribution < -0.4 is 0 Å². The van der Waals surface area contributed by atoms with Gasteiger partial charge in [-0.3, -0.25) is 4.79 Å². The molecule has 0 aromatic carbocycles. The first-order valence-electron chi connectivity index (χ1n) is 4.71. The fraction of sp³-hybridized carbons (Fsp3) is 0.364. The second-order valence-corrected chi connectivity index (χ2v) is 3.10. The Kier molecular flexibility index (Phi) is 9.30. The smallest absolute Gasteiger partial charge is 0.331 e. The Morgan fingerprint density at radius 1 is 1.06 bits per heavy atom. The van der Waals surface area contributed by atoms with E-state index < -0.39 is 17.9 Å². The molecular weight excluding hydrogens is 228 g/mol. The lowest BCUT2D eigenvalue weighted by Gasteiger charge is -1.96. The highest BCUT2D eigenvalue weighted by atomic mass is 16.4. The molecular formula is C11H16O6. The van der Waals surface area contributed by atoms with Crippen LogP contribution in [-0.4, -0.2) is 33.2 Å². The van der Waals surface area contributed by atoms with Crippen molar-refractivity contribution >= 4 is 17.9 Å². The SMILES string of the molecule is C=C(C)C(=O)O.CC=C(CCC(=O)O)C(=O)O. The molecule has 3 N–H and O–H groups in total. The van der Waals surface area contributed by atoms with E-state index >= 15 is 0 Å². The van der Waals surface area contributed by atoms with E-state index in [0.29, 0.717) is 0 Å². The maximum atomic E-state index is 10.3. The highest BCUT2D eigenvalue weighted by Crippen LogP contribution is 2.04. The van der Waals surface area contributed by atoms with Gasteiger partial charge in [-0.25, -0.2) is 9.59 Å². The van der Waals surface area contributed by atoms with Gasteiger partial charge in [-0.15, -0.1) is 0 Å². The molecule has 0 aliphatic carbocycles. The zero-order valence-electron chi connectivity index (χ0n) is 9.77. The maximum Gasteiger partial charge on any atom is 0.331 e. The van der Waals surface area contributed by atoms with Crippen molar-refractivity contribution in [2.24, 2.45) is 0 Å². The molecule has 0 amide bonds. The third-order valence-electron chi connectivity index (χ3n) is 1.60. The summed E-state index contributed by atoms with van der Waals surface area (Å²) in [5, 5.41) is 24.5. The zero-order valence-corrected chi connectivity index (χ0v) is 9.77. The Labute approximate surface area is 98.9 Å². The molecule has 0 bridgehead atoms. The molecule has 0 saturated carbocycles. The second-order valence-electron chi connectivity index (χ2n) is 3.10. The lowest BCUT2D eigenvalue weighted by Crippen LogP contribution is -2.03. The summed E-state index contributed by atoms with van der Waals surface area (Å²) in [4.78, 5) is 29.9. The van der Waals surface area contributed by atoms with Crippen molar-refractivity contribution in [1.29, 1.82) is 0 Å². The van der Waals surface area contributed by atoms with E-state index in [1.54, 1.807) is 6.92 Å². The van der Waals surface area contributed by atoms with Crippen molar-refractivity contribution in [3.05, 3.63) is 23.8 Å². The lowest BCUT2D eigenvalue weighted by atomic mass is 10.1. The molecule has 0 heterocycles. The monoisotopic (exact) mass is 244 g/mol. The van der Waals surface area contributed by atoms with Crippen molar-refractivity contribution in [3.8, 4) is 0 Å². The van der Waals surface area contributed by atoms with Crippen molar-refractivity contribution in [1.82, 2.24) is 0 Å². The number of hydrogen-bond acceptors (Lipinski definition) is 3. The van der Waals surface area contributed by atoms with Crippen LogP contribution in [0.15, 0.2) is 23.8 Å². The van der Waals surface area contributed by atoms with Crippen LogP contribution in [0.1, 0.15) is 26.7 Å². The minimum absolute atomic E-state index is 0.0845. The summed E-state index contributed by atoms with van der Waals surface area (Å²) < 4.78 is 0. The Morgan fingerprint density at radius 2 is 1.47 bits per heavy atom. The molecule has 0 aliphatic heterocycles. The van der Waals surface area contributed by atoms with Crippen LogP contribution in [0.3, 0.4) is 0 Å². The van der Waals surface area contributed by atoms with Crippen molar-refractivity contribution in [3.63, 3.8) is 0 Å². The minimum Gasteiger partial charge on any atom is -0.481 e. The molecule has 0 saturated heterocycles. The highest BCUT2D eigenvalue weighted by Gasteiger charge is 2.07. The van der Waals surface area contributed by atoms with Gasteiger partial charge in [0.25, 0.3) is 0 Å². The molecule has 96 valence electrons. The van der Waals surface area contributed by atoms with Gasteiger partial charge in [-0.05, 0) is 20.3 Å². The molecule has 0 spiro atoms. The highest BCUT2D eigenvalue weighted by molar-refractivity contribution is 5.87. The van der Waals surface area contributed by atoms with Gasteiger partial charge in [0.1, 0.15) is 0 Å². The van der Waals surface area contributed by atoms with Crippen LogP contribution in [0.2, 0.25) is 0 Å². The summed E-state index contributed by atoms with van der Waals surface area (Å²) in [6, 6.07) is 0. The molecule has 0 atom stereocenters. The Bertz CT molecular complexity index is 328. The average Bonchev–Trinajstić information content (AvgIpc) is 2.18. The first kappa shape index (κ1) is 17.3. The lowest BCUT2D eigenvalue weighted by molar-refractivity contribution is -0.137.